The molecule has 0 aromatic heterocycles. The second-order valence-electron chi connectivity index (χ2n) is 5.13. The van der Waals surface area contributed by atoms with Crippen LogP contribution in [-0.2, 0) is 14.8 Å². The van der Waals surface area contributed by atoms with Crippen LogP contribution in [0.2, 0.25) is 0 Å². The van der Waals surface area contributed by atoms with E-state index in [2.05, 4.69) is 4.72 Å². The predicted octanol–water partition coefficient (Wildman–Crippen LogP) is 0.815. The van der Waals surface area contributed by atoms with Gasteiger partial charge in [-0.3, -0.25) is 4.79 Å². The maximum atomic E-state index is 11.6. The first-order chi connectivity index (χ1) is 6.40. The van der Waals surface area contributed by atoms with E-state index in [1.807, 2.05) is 0 Å². The molecule has 0 unspecified atom stereocenters. The zero-order chi connectivity index (χ0) is 12.5. The summed E-state index contributed by atoms with van der Waals surface area (Å²) in [4.78, 5) is 10.8. The van der Waals surface area contributed by atoms with Crippen LogP contribution in [-0.4, -0.2) is 30.8 Å². The highest BCUT2D eigenvalue weighted by molar-refractivity contribution is 7.90. The van der Waals surface area contributed by atoms with Gasteiger partial charge in [-0.15, -0.1) is 0 Å². The van der Waals surface area contributed by atoms with Gasteiger partial charge in [0.05, 0.1) is 10.2 Å². The van der Waals surface area contributed by atoms with Crippen LogP contribution in [0, 0.1) is 5.41 Å². The van der Waals surface area contributed by atoms with Crippen molar-refractivity contribution in [3.63, 3.8) is 0 Å². The monoisotopic (exact) mass is 237 g/mol. The Morgan fingerprint density at radius 1 is 1.20 bits per heavy atom. The van der Waals surface area contributed by atoms with Crippen molar-refractivity contribution in [1.82, 2.24) is 4.72 Å². The number of hydrogen-bond donors (Lipinski definition) is 2. The standard InChI is InChI=1S/C9H19NO4S/c1-8(2,3)15(13,14)10-6-9(4,5)7(11)12/h10H,6H2,1-5H3,(H,11,12). The van der Waals surface area contributed by atoms with Gasteiger partial charge in [0.15, 0.2) is 0 Å². The van der Waals surface area contributed by atoms with Crippen LogP contribution in [0.3, 0.4) is 0 Å². The predicted molar refractivity (Wildman–Crippen MR) is 58.1 cm³/mol. The molecular formula is C9H19NO4S. The summed E-state index contributed by atoms with van der Waals surface area (Å²) in [6, 6.07) is 0. The van der Waals surface area contributed by atoms with Crippen molar-refractivity contribution in [3.05, 3.63) is 0 Å². The van der Waals surface area contributed by atoms with E-state index in [4.69, 9.17) is 5.11 Å². The minimum Gasteiger partial charge on any atom is -0.481 e. The summed E-state index contributed by atoms with van der Waals surface area (Å²) in [7, 11) is -3.48. The average Bonchev–Trinajstić information content (AvgIpc) is 1.99. The van der Waals surface area contributed by atoms with Crippen molar-refractivity contribution in [3.8, 4) is 0 Å². The van der Waals surface area contributed by atoms with E-state index >= 15 is 0 Å². The molecule has 90 valence electrons. The lowest BCUT2D eigenvalue weighted by Crippen LogP contribution is -2.45. The molecule has 0 saturated heterocycles. The van der Waals surface area contributed by atoms with Crippen LogP contribution in [0.1, 0.15) is 34.6 Å². The zero-order valence-corrected chi connectivity index (χ0v) is 10.6. The van der Waals surface area contributed by atoms with Gasteiger partial charge < -0.3 is 5.11 Å². The topological polar surface area (TPSA) is 83.5 Å². The Hall–Kier alpha value is -0.620. The summed E-state index contributed by atoms with van der Waals surface area (Å²) in [6.45, 7) is 7.51. The van der Waals surface area contributed by atoms with Gasteiger partial charge in [0.1, 0.15) is 0 Å². The fourth-order valence-electron chi connectivity index (χ4n) is 0.568. The smallest absolute Gasteiger partial charge is 0.310 e. The molecule has 0 aromatic carbocycles. The Bertz CT molecular complexity index is 338. The number of carboxylic acids is 1. The van der Waals surface area contributed by atoms with Gasteiger partial charge in [-0.1, -0.05) is 0 Å². The van der Waals surface area contributed by atoms with Gasteiger partial charge in [0.2, 0.25) is 10.0 Å². The molecule has 2 N–H and O–H groups in total. The van der Waals surface area contributed by atoms with Crippen LogP contribution in [0.4, 0.5) is 0 Å². The normalized spacial score (nSPS) is 13.9. The van der Waals surface area contributed by atoms with Crippen molar-refractivity contribution in [2.45, 2.75) is 39.4 Å². The van der Waals surface area contributed by atoms with Crippen LogP contribution in [0.5, 0.6) is 0 Å². The van der Waals surface area contributed by atoms with Crippen LogP contribution < -0.4 is 4.72 Å². The fourth-order valence-corrected chi connectivity index (χ4v) is 1.55. The minimum atomic E-state index is -3.48. The Kier molecular flexibility index (Phi) is 3.93. The van der Waals surface area contributed by atoms with Gasteiger partial charge in [0.25, 0.3) is 0 Å². The Balaban J connectivity index is 4.62. The second-order valence-corrected chi connectivity index (χ2v) is 7.65. The molecule has 0 rings (SSSR count). The molecule has 0 aromatic rings. The van der Waals surface area contributed by atoms with Gasteiger partial charge >= 0.3 is 5.97 Å². The molecule has 0 amide bonds. The molecule has 15 heavy (non-hydrogen) atoms. The molecule has 0 aliphatic rings. The van der Waals surface area contributed by atoms with Crippen LogP contribution in [0.15, 0.2) is 0 Å². The summed E-state index contributed by atoms with van der Waals surface area (Å²) >= 11 is 0. The third kappa shape index (κ3) is 3.79. The van der Waals surface area contributed by atoms with E-state index in [1.165, 1.54) is 13.8 Å². The van der Waals surface area contributed by atoms with Crippen molar-refractivity contribution in [1.29, 1.82) is 0 Å². The summed E-state index contributed by atoms with van der Waals surface area (Å²) in [5, 5.41) is 8.81. The van der Waals surface area contributed by atoms with E-state index in [0.717, 1.165) is 0 Å². The van der Waals surface area contributed by atoms with Gasteiger partial charge in [-0.25, -0.2) is 13.1 Å². The van der Waals surface area contributed by atoms with Crippen molar-refractivity contribution >= 4 is 16.0 Å². The van der Waals surface area contributed by atoms with E-state index in [9.17, 15) is 13.2 Å². The maximum absolute atomic E-state index is 11.6. The lowest BCUT2D eigenvalue weighted by Gasteiger charge is -2.24. The molecular weight excluding hydrogens is 218 g/mol. The molecule has 0 saturated carbocycles. The molecule has 0 spiro atoms. The number of rotatable bonds is 4. The fraction of sp³-hybridized carbons (Fsp3) is 0.889. The SMILES string of the molecule is CC(C)(CNS(=O)(=O)C(C)(C)C)C(=O)O. The highest BCUT2D eigenvalue weighted by Gasteiger charge is 2.33. The van der Waals surface area contributed by atoms with Gasteiger partial charge in [-0.05, 0) is 34.6 Å². The Morgan fingerprint density at radius 3 is 1.87 bits per heavy atom. The van der Waals surface area contributed by atoms with E-state index in [-0.39, 0.29) is 6.54 Å². The lowest BCUT2D eigenvalue weighted by molar-refractivity contribution is -0.146. The highest BCUT2D eigenvalue weighted by Crippen LogP contribution is 2.17. The molecule has 0 bridgehead atoms. The molecule has 5 nitrogen and oxygen atoms in total. The number of aliphatic carboxylic acids is 1. The summed E-state index contributed by atoms with van der Waals surface area (Å²) in [5.74, 6) is -1.03. The summed E-state index contributed by atoms with van der Waals surface area (Å²) in [5.41, 5.74) is -1.10. The van der Waals surface area contributed by atoms with Crippen molar-refractivity contribution in [2.24, 2.45) is 5.41 Å². The first kappa shape index (κ1) is 14.4. The first-order valence-electron chi connectivity index (χ1n) is 4.63. The molecule has 0 fully saturated rings. The molecule has 0 radical (unpaired) electrons. The Morgan fingerprint density at radius 2 is 1.60 bits per heavy atom. The molecule has 6 heteroatoms. The van der Waals surface area contributed by atoms with Crippen LogP contribution in [0.25, 0.3) is 0 Å². The number of sulfonamides is 1. The van der Waals surface area contributed by atoms with Gasteiger partial charge in [0, 0.05) is 6.54 Å². The van der Waals surface area contributed by atoms with Gasteiger partial charge in [-0.2, -0.15) is 0 Å². The number of carboxylic acid groups (broad SMARTS) is 1. The minimum absolute atomic E-state index is 0.109. The quantitative estimate of drug-likeness (QED) is 0.758. The van der Waals surface area contributed by atoms with E-state index < -0.39 is 26.2 Å². The van der Waals surface area contributed by atoms with E-state index in [0.29, 0.717) is 0 Å². The summed E-state index contributed by atoms with van der Waals surface area (Å²) in [6.07, 6.45) is 0. The Labute approximate surface area is 90.9 Å². The molecule has 0 aliphatic carbocycles. The number of carbonyl (C=O) groups is 1. The zero-order valence-electron chi connectivity index (χ0n) is 9.79. The molecule has 0 atom stereocenters. The van der Waals surface area contributed by atoms with Crippen molar-refractivity contribution < 1.29 is 18.3 Å². The largest absolute Gasteiger partial charge is 0.481 e. The lowest BCUT2D eigenvalue weighted by atomic mass is 9.95. The van der Waals surface area contributed by atoms with Crippen molar-refractivity contribution in [2.75, 3.05) is 6.54 Å². The molecule has 0 heterocycles. The van der Waals surface area contributed by atoms with Crippen LogP contribution >= 0.6 is 0 Å². The average molecular weight is 237 g/mol. The highest BCUT2D eigenvalue weighted by atomic mass is 32.2. The summed E-state index contributed by atoms with van der Waals surface area (Å²) < 4.78 is 24.6. The third-order valence-corrected chi connectivity index (χ3v) is 4.23. The van der Waals surface area contributed by atoms with E-state index in [1.54, 1.807) is 20.8 Å². The first-order valence-corrected chi connectivity index (χ1v) is 6.11. The molecule has 0 aliphatic heterocycles. The second kappa shape index (κ2) is 4.09. The maximum Gasteiger partial charge on any atom is 0.310 e. The number of hydrogen-bond acceptors (Lipinski definition) is 3. The number of nitrogens with one attached hydrogen (secondary N) is 1. The third-order valence-electron chi connectivity index (χ3n) is 2.09.